The van der Waals surface area contributed by atoms with E-state index in [0.717, 1.165) is 5.56 Å². The number of rotatable bonds is 7. The molecule has 2 aromatic carbocycles. The van der Waals surface area contributed by atoms with E-state index in [0.29, 0.717) is 25.9 Å². The first-order chi connectivity index (χ1) is 14.7. The fraction of sp³-hybridized carbons (Fsp3) is 0.391. The number of hydrogen-bond acceptors (Lipinski definition) is 5. The maximum atomic E-state index is 13.1. The Hall–Kier alpha value is -2.71. The summed E-state index contributed by atoms with van der Waals surface area (Å²) in [5, 5.41) is 2.67. The summed E-state index contributed by atoms with van der Waals surface area (Å²) in [4.78, 5) is 24.7. The first-order valence-corrected chi connectivity index (χ1v) is 11.7. The molecule has 7 nitrogen and oxygen atoms in total. The largest absolute Gasteiger partial charge is 0.467 e. The van der Waals surface area contributed by atoms with Crippen molar-refractivity contribution in [1.29, 1.82) is 0 Å². The number of nitrogens with one attached hydrogen (secondary N) is 1. The van der Waals surface area contributed by atoms with Crippen LogP contribution in [-0.2, 0) is 32.5 Å². The van der Waals surface area contributed by atoms with Gasteiger partial charge in [0.1, 0.15) is 6.04 Å². The fourth-order valence-electron chi connectivity index (χ4n) is 3.67. The molecule has 0 aliphatic carbocycles. The van der Waals surface area contributed by atoms with Crippen molar-refractivity contribution >= 4 is 21.9 Å². The Morgan fingerprint density at radius 2 is 1.71 bits per heavy atom. The smallest absolute Gasteiger partial charge is 0.328 e. The molecule has 1 atom stereocenters. The molecular formula is C23H28N2O5S. The third kappa shape index (κ3) is 5.32. The first-order valence-electron chi connectivity index (χ1n) is 10.3. The van der Waals surface area contributed by atoms with E-state index in [9.17, 15) is 18.0 Å². The minimum Gasteiger partial charge on any atom is -0.467 e. The van der Waals surface area contributed by atoms with Gasteiger partial charge >= 0.3 is 5.97 Å². The average Bonchev–Trinajstić information content (AvgIpc) is 2.77. The van der Waals surface area contributed by atoms with Crippen LogP contribution in [0, 0.1) is 5.92 Å². The highest BCUT2D eigenvalue weighted by atomic mass is 32.2. The van der Waals surface area contributed by atoms with Crippen molar-refractivity contribution < 1.29 is 22.7 Å². The molecule has 8 heteroatoms. The number of hydrogen-bond donors (Lipinski definition) is 1. The Kier molecular flexibility index (Phi) is 7.12. The van der Waals surface area contributed by atoms with E-state index in [1.807, 2.05) is 38.1 Å². The minimum atomic E-state index is -3.68. The Bertz CT molecular complexity index is 1050. The highest BCUT2D eigenvalue weighted by Crippen LogP contribution is 2.25. The molecule has 2 aromatic rings. The third-order valence-corrected chi connectivity index (χ3v) is 7.21. The number of nitrogens with zero attached hydrogens (tertiary/aromatic N) is 1. The fourth-order valence-corrected chi connectivity index (χ4v) is 5.09. The summed E-state index contributed by atoms with van der Waals surface area (Å²) in [6.45, 7) is 4.63. The van der Waals surface area contributed by atoms with Gasteiger partial charge in [0.15, 0.2) is 0 Å². The van der Waals surface area contributed by atoms with Gasteiger partial charge in [0, 0.05) is 18.7 Å². The van der Waals surface area contributed by atoms with Gasteiger partial charge < -0.3 is 10.1 Å². The van der Waals surface area contributed by atoms with Crippen molar-refractivity contribution in [3.63, 3.8) is 0 Å². The number of carbonyl (C=O) groups is 2. The lowest BCUT2D eigenvalue weighted by atomic mass is 10.0. The number of sulfonamides is 1. The van der Waals surface area contributed by atoms with Crippen molar-refractivity contribution in [2.75, 3.05) is 13.7 Å². The van der Waals surface area contributed by atoms with Gasteiger partial charge in [-0.25, -0.2) is 13.2 Å². The zero-order chi connectivity index (χ0) is 22.6. The second-order valence-electron chi connectivity index (χ2n) is 8.06. The molecule has 0 saturated heterocycles. The van der Waals surface area contributed by atoms with E-state index < -0.39 is 27.9 Å². The quantitative estimate of drug-likeness (QED) is 0.663. The van der Waals surface area contributed by atoms with E-state index >= 15 is 0 Å². The van der Waals surface area contributed by atoms with Crippen molar-refractivity contribution in [3.8, 4) is 0 Å². The highest BCUT2D eigenvalue weighted by molar-refractivity contribution is 7.89. The van der Waals surface area contributed by atoms with Crippen molar-refractivity contribution in [3.05, 3.63) is 65.2 Å². The Labute approximate surface area is 183 Å². The summed E-state index contributed by atoms with van der Waals surface area (Å²) < 4.78 is 32.4. The van der Waals surface area contributed by atoms with E-state index in [1.165, 1.54) is 41.2 Å². The first kappa shape index (κ1) is 23.0. The van der Waals surface area contributed by atoms with Crippen LogP contribution >= 0.6 is 0 Å². The maximum absolute atomic E-state index is 13.1. The third-order valence-electron chi connectivity index (χ3n) is 5.35. The molecule has 1 N–H and O–H groups in total. The van der Waals surface area contributed by atoms with Crippen molar-refractivity contribution in [2.45, 2.75) is 44.2 Å². The van der Waals surface area contributed by atoms with E-state index in [-0.39, 0.29) is 16.4 Å². The van der Waals surface area contributed by atoms with E-state index in [4.69, 9.17) is 4.74 Å². The standard InChI is InChI=1S/C23H28N2O5S/c1-16(2)14-21(23(27)30-3)24-22(26)18-8-10-20(11-9-18)31(28,29)25-13-12-17-6-4-5-7-19(17)15-25/h4-11,16,21H,12-15H2,1-3H3,(H,24,26)/t21-/m0/s1. The summed E-state index contributed by atoms with van der Waals surface area (Å²) in [5.74, 6) is -0.773. The SMILES string of the molecule is COC(=O)[C@H](CC(C)C)NC(=O)c1ccc(S(=O)(=O)N2CCc3ccccc3C2)cc1. The molecular weight excluding hydrogens is 416 g/mol. The van der Waals surface area contributed by atoms with Crippen LogP contribution in [0.3, 0.4) is 0 Å². The molecule has 0 spiro atoms. The lowest BCUT2D eigenvalue weighted by Gasteiger charge is -2.28. The van der Waals surface area contributed by atoms with E-state index in [1.54, 1.807) is 0 Å². The normalized spacial score (nSPS) is 15.2. The summed E-state index contributed by atoms with van der Waals surface area (Å²) in [7, 11) is -2.40. The van der Waals surface area contributed by atoms with Gasteiger partial charge in [-0.2, -0.15) is 4.31 Å². The van der Waals surface area contributed by atoms with Gasteiger partial charge in [-0.05, 0) is 54.2 Å². The van der Waals surface area contributed by atoms with Gasteiger partial charge in [0.05, 0.1) is 12.0 Å². The molecule has 31 heavy (non-hydrogen) atoms. The predicted octanol–water partition coefficient (Wildman–Crippen LogP) is 2.75. The Morgan fingerprint density at radius 1 is 1.06 bits per heavy atom. The van der Waals surface area contributed by atoms with Crippen LogP contribution in [0.2, 0.25) is 0 Å². The topological polar surface area (TPSA) is 92.8 Å². The highest BCUT2D eigenvalue weighted by Gasteiger charge is 2.28. The second kappa shape index (κ2) is 9.62. The number of benzene rings is 2. The summed E-state index contributed by atoms with van der Waals surface area (Å²) in [5.41, 5.74) is 2.45. The Balaban J connectivity index is 1.73. The number of amides is 1. The second-order valence-corrected chi connectivity index (χ2v) is 10.00. The number of fused-ring (bicyclic) bond motifs is 1. The lowest BCUT2D eigenvalue weighted by Crippen LogP contribution is -2.42. The summed E-state index contributed by atoms with van der Waals surface area (Å²) in [6, 6.07) is 12.9. The van der Waals surface area contributed by atoms with Gasteiger partial charge in [0.2, 0.25) is 10.0 Å². The predicted molar refractivity (Wildman–Crippen MR) is 117 cm³/mol. The molecule has 1 amide bonds. The molecule has 0 saturated carbocycles. The summed E-state index contributed by atoms with van der Waals surface area (Å²) in [6.07, 6.45) is 1.11. The van der Waals surface area contributed by atoms with Crippen molar-refractivity contribution in [1.82, 2.24) is 9.62 Å². The maximum Gasteiger partial charge on any atom is 0.328 e. The molecule has 3 rings (SSSR count). The molecule has 1 heterocycles. The lowest BCUT2D eigenvalue weighted by molar-refractivity contribution is -0.143. The van der Waals surface area contributed by atoms with Gasteiger partial charge in [-0.15, -0.1) is 0 Å². The number of esters is 1. The molecule has 0 radical (unpaired) electrons. The molecule has 1 aliphatic rings. The van der Waals surface area contributed by atoms with Crippen LogP contribution in [0.25, 0.3) is 0 Å². The molecule has 0 aromatic heterocycles. The van der Waals surface area contributed by atoms with Crippen LogP contribution in [0.1, 0.15) is 41.8 Å². The van der Waals surface area contributed by atoms with Crippen molar-refractivity contribution in [2.24, 2.45) is 5.92 Å². The zero-order valence-corrected chi connectivity index (χ0v) is 18.8. The van der Waals surface area contributed by atoms with Crippen LogP contribution in [0.4, 0.5) is 0 Å². The van der Waals surface area contributed by atoms with Gasteiger partial charge in [-0.1, -0.05) is 38.1 Å². The van der Waals surface area contributed by atoms with Gasteiger partial charge in [0.25, 0.3) is 5.91 Å². The minimum absolute atomic E-state index is 0.134. The van der Waals surface area contributed by atoms with Crippen LogP contribution in [-0.4, -0.2) is 44.3 Å². The zero-order valence-electron chi connectivity index (χ0n) is 18.0. The Morgan fingerprint density at radius 3 is 2.32 bits per heavy atom. The molecule has 1 aliphatic heterocycles. The van der Waals surface area contributed by atoms with Crippen LogP contribution in [0.15, 0.2) is 53.4 Å². The molecule has 0 fully saturated rings. The molecule has 0 unspecified atom stereocenters. The average molecular weight is 445 g/mol. The van der Waals surface area contributed by atoms with Crippen LogP contribution in [0.5, 0.6) is 0 Å². The molecule has 0 bridgehead atoms. The molecule has 166 valence electrons. The summed E-state index contributed by atoms with van der Waals surface area (Å²) >= 11 is 0. The number of methoxy groups -OCH3 is 1. The van der Waals surface area contributed by atoms with E-state index in [2.05, 4.69) is 5.32 Å². The van der Waals surface area contributed by atoms with Gasteiger partial charge in [-0.3, -0.25) is 4.79 Å². The number of ether oxygens (including phenoxy) is 1. The van der Waals surface area contributed by atoms with Crippen LogP contribution < -0.4 is 5.32 Å². The number of carbonyl (C=O) groups excluding carboxylic acids is 2. The monoisotopic (exact) mass is 444 g/mol.